The fourth-order valence-corrected chi connectivity index (χ4v) is 2.96. The van der Waals surface area contributed by atoms with Crippen LogP contribution < -0.4 is 5.32 Å². The Hall–Kier alpha value is -0.830. The summed E-state index contributed by atoms with van der Waals surface area (Å²) in [6.07, 6.45) is 0. The van der Waals surface area contributed by atoms with Gasteiger partial charge in [0.1, 0.15) is 0 Å². The van der Waals surface area contributed by atoms with E-state index in [0.29, 0.717) is 12.0 Å². The molecular formula is C18H21BrClN. The number of benzene rings is 2. The number of hydrogen-bond donors (Lipinski definition) is 1. The van der Waals surface area contributed by atoms with E-state index in [2.05, 4.69) is 66.3 Å². The van der Waals surface area contributed by atoms with Crippen molar-refractivity contribution in [1.29, 1.82) is 0 Å². The quantitative estimate of drug-likeness (QED) is 0.676. The average molecular weight is 367 g/mol. The van der Waals surface area contributed by atoms with Crippen molar-refractivity contribution >= 4 is 27.5 Å². The molecule has 0 saturated heterocycles. The van der Waals surface area contributed by atoms with E-state index in [1.165, 1.54) is 11.1 Å². The summed E-state index contributed by atoms with van der Waals surface area (Å²) in [5, 5.41) is 4.32. The topological polar surface area (TPSA) is 12.0 Å². The Kier molecular flexibility index (Phi) is 5.86. The van der Waals surface area contributed by atoms with E-state index in [4.69, 9.17) is 11.6 Å². The summed E-state index contributed by atoms with van der Waals surface area (Å²) in [6.45, 7) is 7.37. The Labute approximate surface area is 140 Å². The smallest absolute Gasteiger partial charge is 0.0462 e. The molecule has 0 saturated carbocycles. The molecule has 0 aliphatic carbocycles. The predicted molar refractivity (Wildman–Crippen MR) is 94.9 cm³/mol. The minimum absolute atomic E-state index is 0.297. The molecule has 21 heavy (non-hydrogen) atoms. The molecule has 0 fully saturated rings. The molecular weight excluding hydrogens is 346 g/mol. The van der Waals surface area contributed by atoms with Gasteiger partial charge in [0.15, 0.2) is 0 Å². The van der Waals surface area contributed by atoms with E-state index in [1.54, 1.807) is 0 Å². The Morgan fingerprint density at radius 2 is 1.62 bits per heavy atom. The van der Waals surface area contributed by atoms with Crippen molar-refractivity contribution < 1.29 is 0 Å². The molecule has 0 aliphatic heterocycles. The van der Waals surface area contributed by atoms with E-state index >= 15 is 0 Å². The zero-order valence-corrected chi connectivity index (χ0v) is 15.0. The van der Waals surface area contributed by atoms with Crippen molar-refractivity contribution in [2.75, 3.05) is 0 Å². The monoisotopic (exact) mass is 365 g/mol. The highest BCUT2D eigenvalue weighted by atomic mass is 79.9. The summed E-state index contributed by atoms with van der Waals surface area (Å²) in [5.41, 5.74) is 3.79. The minimum atomic E-state index is 0.297. The van der Waals surface area contributed by atoms with Gasteiger partial charge in [0.05, 0.1) is 0 Å². The molecule has 0 radical (unpaired) electrons. The van der Waals surface area contributed by atoms with Gasteiger partial charge >= 0.3 is 0 Å². The summed E-state index contributed by atoms with van der Waals surface area (Å²) >= 11 is 9.67. The first kappa shape index (κ1) is 16.5. The minimum Gasteiger partial charge on any atom is -0.306 e. The van der Waals surface area contributed by atoms with Crippen LogP contribution in [0.5, 0.6) is 0 Å². The molecule has 0 bridgehead atoms. The number of rotatable bonds is 5. The van der Waals surface area contributed by atoms with Crippen LogP contribution in [0.4, 0.5) is 0 Å². The molecule has 0 heterocycles. The molecule has 0 aromatic heterocycles. The van der Waals surface area contributed by atoms with Gasteiger partial charge in [-0.2, -0.15) is 0 Å². The Bertz CT molecular complexity index is 593. The van der Waals surface area contributed by atoms with Crippen molar-refractivity contribution in [2.24, 2.45) is 0 Å². The number of halogens is 2. The summed E-state index contributed by atoms with van der Waals surface area (Å²) in [4.78, 5) is 0. The van der Waals surface area contributed by atoms with Crippen molar-refractivity contribution in [1.82, 2.24) is 5.32 Å². The maximum Gasteiger partial charge on any atom is 0.0462 e. The molecule has 0 amide bonds. The molecule has 1 unspecified atom stereocenters. The van der Waals surface area contributed by atoms with Crippen LogP contribution >= 0.6 is 27.5 Å². The third-order valence-electron chi connectivity index (χ3n) is 3.72. The highest BCUT2D eigenvalue weighted by Gasteiger charge is 2.07. The molecule has 112 valence electrons. The van der Waals surface area contributed by atoms with E-state index in [0.717, 1.165) is 21.6 Å². The summed E-state index contributed by atoms with van der Waals surface area (Å²) in [5.74, 6) is 0.573. The molecule has 2 rings (SSSR count). The van der Waals surface area contributed by atoms with Crippen LogP contribution in [0.25, 0.3) is 0 Å². The van der Waals surface area contributed by atoms with Gasteiger partial charge in [0.25, 0.3) is 0 Å². The fourth-order valence-electron chi connectivity index (χ4n) is 2.22. The second kappa shape index (κ2) is 7.44. The Morgan fingerprint density at radius 3 is 2.19 bits per heavy atom. The highest BCUT2D eigenvalue weighted by Crippen LogP contribution is 2.23. The average Bonchev–Trinajstić information content (AvgIpc) is 2.46. The molecule has 2 aromatic rings. The Balaban J connectivity index is 1.99. The maximum absolute atomic E-state index is 6.24. The van der Waals surface area contributed by atoms with E-state index in [1.807, 2.05) is 18.2 Å². The summed E-state index contributed by atoms with van der Waals surface area (Å²) in [7, 11) is 0. The second-order valence-electron chi connectivity index (χ2n) is 5.66. The van der Waals surface area contributed by atoms with Gasteiger partial charge in [-0.25, -0.2) is 0 Å². The lowest BCUT2D eigenvalue weighted by Crippen LogP contribution is -2.18. The van der Waals surface area contributed by atoms with Crippen LogP contribution in [0.1, 0.15) is 49.4 Å². The van der Waals surface area contributed by atoms with Crippen LogP contribution in [0.3, 0.4) is 0 Å². The van der Waals surface area contributed by atoms with Gasteiger partial charge in [-0.15, -0.1) is 0 Å². The first-order valence-corrected chi connectivity index (χ1v) is 8.41. The lowest BCUT2D eigenvalue weighted by molar-refractivity contribution is 0.574. The van der Waals surface area contributed by atoms with Crippen molar-refractivity contribution in [3.63, 3.8) is 0 Å². The van der Waals surface area contributed by atoms with Crippen LogP contribution in [0.15, 0.2) is 46.9 Å². The lowest BCUT2D eigenvalue weighted by Gasteiger charge is -2.16. The third-order valence-corrected chi connectivity index (χ3v) is 4.56. The summed E-state index contributed by atoms with van der Waals surface area (Å²) < 4.78 is 1.01. The molecule has 1 atom stereocenters. The van der Waals surface area contributed by atoms with E-state index < -0.39 is 0 Å². The molecule has 1 N–H and O–H groups in total. The first-order valence-electron chi connectivity index (χ1n) is 7.24. The van der Waals surface area contributed by atoms with Gasteiger partial charge in [-0.05, 0) is 41.7 Å². The zero-order valence-electron chi connectivity index (χ0n) is 12.7. The standard InChI is InChI=1S/C18H21BrClN/c1-12(2)14-4-6-15(7-5-14)13(3)21-11-16-8-9-17(19)10-18(16)20/h4-10,12-13,21H,11H2,1-3H3. The lowest BCUT2D eigenvalue weighted by atomic mass is 9.99. The van der Waals surface area contributed by atoms with Gasteiger partial charge in [-0.1, -0.05) is 71.7 Å². The first-order chi connectivity index (χ1) is 9.97. The van der Waals surface area contributed by atoms with Gasteiger partial charge in [0.2, 0.25) is 0 Å². The summed E-state index contributed by atoms with van der Waals surface area (Å²) in [6, 6.07) is 15.1. The van der Waals surface area contributed by atoms with Gasteiger partial charge < -0.3 is 5.32 Å². The zero-order chi connectivity index (χ0) is 15.4. The molecule has 2 aromatic carbocycles. The molecule has 0 aliphatic rings. The largest absolute Gasteiger partial charge is 0.306 e. The van der Waals surface area contributed by atoms with E-state index in [9.17, 15) is 0 Å². The van der Waals surface area contributed by atoms with Gasteiger partial charge in [0, 0.05) is 22.1 Å². The highest BCUT2D eigenvalue weighted by molar-refractivity contribution is 9.10. The third kappa shape index (κ3) is 4.57. The van der Waals surface area contributed by atoms with Crippen LogP contribution in [-0.2, 0) is 6.54 Å². The maximum atomic E-state index is 6.24. The Morgan fingerprint density at radius 1 is 1.00 bits per heavy atom. The normalized spacial score (nSPS) is 12.7. The number of hydrogen-bond acceptors (Lipinski definition) is 1. The number of nitrogens with one attached hydrogen (secondary N) is 1. The van der Waals surface area contributed by atoms with Crippen molar-refractivity contribution in [2.45, 2.75) is 39.3 Å². The van der Waals surface area contributed by atoms with Crippen molar-refractivity contribution in [3.05, 3.63) is 68.7 Å². The van der Waals surface area contributed by atoms with Crippen molar-refractivity contribution in [3.8, 4) is 0 Å². The predicted octanol–water partition coefficient (Wildman–Crippen LogP) is 6.08. The van der Waals surface area contributed by atoms with Crippen LogP contribution in [-0.4, -0.2) is 0 Å². The SMILES string of the molecule is CC(C)c1ccc(C(C)NCc2ccc(Br)cc2Cl)cc1. The molecule has 3 heteroatoms. The second-order valence-corrected chi connectivity index (χ2v) is 6.98. The fraction of sp³-hybridized carbons (Fsp3) is 0.333. The molecule has 0 spiro atoms. The molecule has 1 nitrogen and oxygen atoms in total. The van der Waals surface area contributed by atoms with E-state index in [-0.39, 0.29) is 0 Å². The van der Waals surface area contributed by atoms with Gasteiger partial charge in [-0.3, -0.25) is 0 Å². The van der Waals surface area contributed by atoms with Crippen LogP contribution in [0.2, 0.25) is 5.02 Å². The van der Waals surface area contributed by atoms with Crippen LogP contribution in [0, 0.1) is 0 Å².